The molecule has 0 bridgehead atoms. The average Bonchev–Trinajstić information content (AvgIpc) is 1.70. The van der Waals surface area contributed by atoms with Gasteiger partial charge in [-0.15, -0.1) is 0 Å². The van der Waals surface area contributed by atoms with Crippen molar-refractivity contribution in [1.29, 1.82) is 0 Å². The second-order valence-corrected chi connectivity index (χ2v) is 0.671. The first-order chi connectivity index (χ1) is 4.24. The summed E-state index contributed by atoms with van der Waals surface area (Å²) in [7, 11) is -3.25. The maximum absolute atomic E-state index is 8.35. The number of hydrogen-bond donors (Lipinski definition) is 0. The van der Waals surface area contributed by atoms with Crippen LogP contribution in [0.3, 0.4) is 0 Å². The van der Waals surface area contributed by atoms with E-state index in [1.807, 2.05) is 0 Å². The summed E-state index contributed by atoms with van der Waals surface area (Å²) in [5.74, 6) is 0. The van der Waals surface area contributed by atoms with Crippen LogP contribution in [0.5, 0.6) is 0 Å². The summed E-state index contributed by atoms with van der Waals surface area (Å²) >= 11 is 0. The van der Waals surface area contributed by atoms with Gasteiger partial charge in [0.2, 0.25) is 0 Å². The summed E-state index contributed by atoms with van der Waals surface area (Å²) in [6.07, 6.45) is 0. The summed E-state index contributed by atoms with van der Waals surface area (Å²) in [5, 5.41) is 0. The molecule has 0 saturated heterocycles. The van der Waals surface area contributed by atoms with Gasteiger partial charge in [-0.05, 0) is 0 Å². The molecule has 7 nitrogen and oxygen atoms in total. The van der Waals surface area contributed by atoms with Crippen molar-refractivity contribution in [1.82, 2.24) is 0 Å². The third-order valence-corrected chi connectivity index (χ3v) is 0. The molecular weight excluding hydrogens is 228 g/mol. The van der Waals surface area contributed by atoms with Crippen molar-refractivity contribution in [2.75, 3.05) is 0 Å². The molecule has 0 aliphatic heterocycles. The van der Waals surface area contributed by atoms with Gasteiger partial charge in [-0.1, -0.05) is 0 Å². The van der Waals surface area contributed by atoms with Crippen LogP contribution in [-0.2, 0) is 13.7 Å². The topological polar surface area (TPSA) is 152 Å². The van der Waals surface area contributed by atoms with Crippen molar-refractivity contribution >= 4 is 26.1 Å². The van der Waals surface area contributed by atoms with Gasteiger partial charge in [0.25, 0.3) is 0 Å². The van der Waals surface area contributed by atoms with Gasteiger partial charge in [-0.25, -0.2) is 0 Å². The zero-order valence-electron chi connectivity index (χ0n) is 7.29. The average molecular weight is 232 g/mol. The first kappa shape index (κ1) is 29.6. The molecule has 0 amide bonds. The molecule has 0 fully saturated rings. The molecule has 2 N–H and O–H groups in total. The van der Waals surface area contributed by atoms with E-state index in [0.29, 0.717) is 0 Å². The molecule has 11 heteroatoms. The third kappa shape index (κ3) is 716. The molecule has 0 rings (SSSR count). The van der Waals surface area contributed by atoms with Gasteiger partial charge in [0.05, 0.1) is 26.1 Å². The van der Waals surface area contributed by atoms with Crippen LogP contribution in [0.1, 0.15) is 2.85 Å². The van der Waals surface area contributed by atoms with Crippen LogP contribution >= 0.6 is 26.1 Å². The second-order valence-electron chi connectivity index (χ2n) is 0.224. The molecule has 0 aromatic carbocycles. The van der Waals surface area contributed by atoms with Crippen LogP contribution in [0.15, 0.2) is 0 Å². The quantitative estimate of drug-likeness (QED) is 0.301. The van der Waals surface area contributed by atoms with Crippen molar-refractivity contribution in [3.63, 3.8) is 0 Å². The van der Waals surface area contributed by atoms with E-state index in [4.69, 9.17) is 28.4 Å². The normalized spacial score (nSPS) is 5.73. The Morgan fingerprint density at radius 3 is 0.818 bits per heavy atom. The Morgan fingerprint density at radius 1 is 0.818 bits per heavy atom. The molecule has 0 saturated carbocycles. The van der Waals surface area contributed by atoms with Crippen molar-refractivity contribution < 1.29 is 66.3 Å². The minimum Gasteiger partial charge on any atom is -0.772 e. The smallest absolute Gasteiger partial charge is 0.772 e. The van der Waals surface area contributed by atoms with E-state index in [1.165, 1.54) is 0 Å². The van der Waals surface area contributed by atoms with Gasteiger partial charge in [-0.2, -0.15) is 0 Å². The predicted molar refractivity (Wildman–Crippen MR) is 28.7 cm³/mol. The molecule has 0 unspecified atom stereocenters. The van der Waals surface area contributed by atoms with Crippen LogP contribution in [0.25, 0.3) is 0 Å². The monoisotopic (exact) mass is 232 g/mol. The zero-order chi connectivity index (χ0) is 8.12. The van der Waals surface area contributed by atoms with E-state index < -0.39 is 26.1 Å². The fourth-order valence-electron chi connectivity index (χ4n) is 0. The van der Waals surface area contributed by atoms with E-state index in [9.17, 15) is 0 Å². The van der Waals surface area contributed by atoms with Crippen molar-refractivity contribution in [2.24, 2.45) is 0 Å². The summed E-state index contributed by atoms with van der Waals surface area (Å²) in [6, 6.07) is 0. The number of hydrogen-bond acceptors (Lipinski definition) is 6. The third-order valence-electron chi connectivity index (χ3n) is 0. The van der Waals surface area contributed by atoms with Crippen molar-refractivity contribution in [3.05, 3.63) is 0 Å². The maximum atomic E-state index is 8.35. The molecule has 11 heavy (non-hydrogen) atoms. The van der Waals surface area contributed by atoms with Crippen LogP contribution in [0.2, 0.25) is 0 Å². The molecule has 0 heterocycles. The summed E-state index contributed by atoms with van der Waals surface area (Å²) in [5.41, 5.74) is 0. The minimum atomic E-state index is -1.08. The van der Waals surface area contributed by atoms with Crippen LogP contribution in [0.4, 0.5) is 0 Å². The Bertz CT molecular complexity index is 58.5. The van der Waals surface area contributed by atoms with Crippen molar-refractivity contribution in [2.45, 2.75) is 0 Å². The minimum absolute atomic E-state index is 0. The van der Waals surface area contributed by atoms with Crippen LogP contribution in [0, 0.1) is 0 Å². The Kier molecular flexibility index (Phi) is 180. The molecule has 62 valence electrons. The molecule has 0 atom stereocenters. The molecule has 0 aromatic heterocycles. The fraction of sp³-hybridized carbons (Fsp3) is 0. The zero-order valence-corrected chi connectivity index (χ0v) is 9.97. The molecule has 0 spiro atoms. The van der Waals surface area contributed by atoms with Gasteiger partial charge in [0, 0.05) is 0 Å². The van der Waals surface area contributed by atoms with E-state index in [0.717, 1.165) is 0 Å². The van der Waals surface area contributed by atoms with Gasteiger partial charge < -0.3 is 20.2 Å². The largest absolute Gasteiger partial charge is 1.00 e. The van der Waals surface area contributed by atoms with Gasteiger partial charge >= 0.3 is 32.4 Å². The Labute approximate surface area is 92.3 Å². The Morgan fingerprint density at radius 2 is 0.818 bits per heavy atom. The predicted octanol–water partition coefficient (Wildman–Crippen LogP) is -4.94. The van der Waals surface area contributed by atoms with Gasteiger partial charge in [0.1, 0.15) is 0 Å². The molecular formula is H4NaO7P3. The maximum Gasteiger partial charge on any atom is 1.00 e. The summed E-state index contributed by atoms with van der Waals surface area (Å²) in [4.78, 5) is 25.0. The molecule has 0 aromatic rings. The SMILES string of the molecule is O.O=P[O-].O=P[O-].O=P[O-].[H+].[H+].[Na+]. The van der Waals surface area contributed by atoms with Gasteiger partial charge in [-0.3, -0.25) is 13.7 Å². The fourth-order valence-corrected chi connectivity index (χ4v) is 0. The van der Waals surface area contributed by atoms with E-state index >= 15 is 0 Å². The second kappa shape index (κ2) is 66.8. The summed E-state index contributed by atoms with van der Waals surface area (Å²) in [6.45, 7) is 0. The molecule has 0 aliphatic rings. The van der Waals surface area contributed by atoms with E-state index in [-0.39, 0.29) is 37.9 Å². The van der Waals surface area contributed by atoms with Crippen LogP contribution in [-0.4, -0.2) is 5.48 Å². The van der Waals surface area contributed by atoms with E-state index in [1.54, 1.807) is 0 Å². The Balaban J connectivity index is -0.00000000720. The van der Waals surface area contributed by atoms with Crippen molar-refractivity contribution in [3.8, 4) is 0 Å². The number of rotatable bonds is 0. The van der Waals surface area contributed by atoms with Gasteiger partial charge in [0.15, 0.2) is 0 Å². The molecule has 0 aliphatic carbocycles. The van der Waals surface area contributed by atoms with E-state index in [2.05, 4.69) is 0 Å². The van der Waals surface area contributed by atoms with Crippen LogP contribution < -0.4 is 44.2 Å². The first-order valence-corrected chi connectivity index (χ1v) is 3.29. The molecule has 0 radical (unpaired) electrons. The summed E-state index contributed by atoms with van der Waals surface area (Å²) < 4.78 is 25.0. The first-order valence-electron chi connectivity index (χ1n) is 1.10. The standard InChI is InChI=1S/Na.3HO2P.H2O/c;3*1-3-2;/h;3*(H,1,2);1H2/q+1;;;;/p-1. The Hall–Kier alpha value is 1.14.